The van der Waals surface area contributed by atoms with E-state index in [0.29, 0.717) is 23.6 Å². The van der Waals surface area contributed by atoms with Gasteiger partial charge in [-0.2, -0.15) is 0 Å². The van der Waals surface area contributed by atoms with Crippen LogP contribution in [0.4, 0.5) is 5.95 Å². The Bertz CT molecular complexity index is 991. The Hall–Kier alpha value is -2.96. The van der Waals surface area contributed by atoms with E-state index in [1.165, 1.54) is 0 Å². The predicted octanol–water partition coefficient (Wildman–Crippen LogP) is 2.42. The molecule has 0 N–H and O–H groups in total. The summed E-state index contributed by atoms with van der Waals surface area (Å²) in [6.07, 6.45) is 5.37. The van der Waals surface area contributed by atoms with E-state index in [9.17, 15) is 4.79 Å². The van der Waals surface area contributed by atoms with Gasteiger partial charge in [0, 0.05) is 19.6 Å². The summed E-state index contributed by atoms with van der Waals surface area (Å²) in [6.45, 7) is 4.38. The van der Waals surface area contributed by atoms with E-state index < -0.39 is 0 Å². The molecule has 0 radical (unpaired) electrons. The van der Waals surface area contributed by atoms with Gasteiger partial charge in [0.15, 0.2) is 5.75 Å². The zero-order chi connectivity index (χ0) is 18.8. The Morgan fingerprint density at radius 1 is 1.15 bits per heavy atom. The van der Waals surface area contributed by atoms with Crippen molar-refractivity contribution in [1.82, 2.24) is 19.5 Å². The van der Waals surface area contributed by atoms with E-state index in [4.69, 9.17) is 4.74 Å². The van der Waals surface area contributed by atoms with Gasteiger partial charge in [0.2, 0.25) is 5.95 Å². The molecular formula is C20H23N5O2. The minimum Gasteiger partial charge on any atom is -0.494 e. The molecule has 3 aromatic rings. The number of anilines is 1. The highest BCUT2D eigenvalue weighted by Gasteiger charge is 2.22. The number of nitrogens with zero attached hydrogens (tertiary/aromatic N) is 5. The second kappa shape index (κ2) is 7.34. The molecule has 1 aliphatic heterocycles. The molecule has 1 aromatic carbocycles. The van der Waals surface area contributed by atoms with Gasteiger partial charge in [-0.25, -0.2) is 15.0 Å². The molecular weight excluding hydrogens is 342 g/mol. The molecule has 4 rings (SSSR count). The quantitative estimate of drug-likeness (QED) is 0.707. The van der Waals surface area contributed by atoms with Crippen molar-refractivity contribution in [3.05, 3.63) is 52.8 Å². The van der Waals surface area contributed by atoms with Crippen LogP contribution in [0.25, 0.3) is 10.9 Å². The molecule has 2 aromatic heterocycles. The van der Waals surface area contributed by atoms with Gasteiger partial charge in [0.05, 0.1) is 30.4 Å². The number of aryl methyl sites for hydroxylation is 1. The number of hydrogen-bond acceptors (Lipinski definition) is 6. The van der Waals surface area contributed by atoms with Crippen molar-refractivity contribution < 1.29 is 4.74 Å². The molecule has 7 nitrogen and oxygen atoms in total. The van der Waals surface area contributed by atoms with Crippen LogP contribution < -0.4 is 15.2 Å². The van der Waals surface area contributed by atoms with Gasteiger partial charge >= 0.3 is 0 Å². The van der Waals surface area contributed by atoms with E-state index in [0.717, 1.165) is 43.2 Å². The van der Waals surface area contributed by atoms with Gasteiger partial charge < -0.3 is 9.64 Å². The maximum absolute atomic E-state index is 12.8. The summed E-state index contributed by atoms with van der Waals surface area (Å²) in [5.74, 6) is 2.61. The van der Waals surface area contributed by atoms with Crippen molar-refractivity contribution in [2.75, 3.05) is 25.1 Å². The summed E-state index contributed by atoms with van der Waals surface area (Å²) in [6, 6.07) is 7.54. The smallest absolute Gasteiger partial charge is 0.261 e. The first-order valence-electron chi connectivity index (χ1n) is 9.23. The number of aromatic nitrogens is 4. The van der Waals surface area contributed by atoms with E-state index in [2.05, 4.69) is 19.9 Å². The Kier molecular flexibility index (Phi) is 4.75. The molecule has 0 unspecified atom stereocenters. The van der Waals surface area contributed by atoms with Crippen LogP contribution in [0.5, 0.6) is 5.75 Å². The van der Waals surface area contributed by atoms with Crippen molar-refractivity contribution in [2.24, 2.45) is 5.92 Å². The SMILES string of the molecule is COc1cnc(N2CCC(Cn3c(C)nc4ccccc4c3=O)CC2)nc1. The van der Waals surface area contributed by atoms with Crippen molar-refractivity contribution in [3.63, 3.8) is 0 Å². The highest BCUT2D eigenvalue weighted by atomic mass is 16.5. The van der Waals surface area contributed by atoms with Crippen LogP contribution in [-0.2, 0) is 6.54 Å². The number of benzene rings is 1. The van der Waals surface area contributed by atoms with E-state index in [-0.39, 0.29) is 5.56 Å². The summed E-state index contributed by atoms with van der Waals surface area (Å²) >= 11 is 0. The normalized spacial score (nSPS) is 15.3. The second-order valence-electron chi connectivity index (χ2n) is 6.95. The van der Waals surface area contributed by atoms with Gasteiger partial charge in [0.25, 0.3) is 5.56 Å². The molecule has 0 aliphatic carbocycles. The van der Waals surface area contributed by atoms with Crippen LogP contribution >= 0.6 is 0 Å². The highest BCUT2D eigenvalue weighted by molar-refractivity contribution is 5.77. The average molecular weight is 365 g/mol. The topological polar surface area (TPSA) is 73.1 Å². The minimum absolute atomic E-state index is 0.0546. The van der Waals surface area contributed by atoms with Crippen molar-refractivity contribution in [1.29, 1.82) is 0 Å². The summed E-state index contributed by atoms with van der Waals surface area (Å²) in [5.41, 5.74) is 0.821. The van der Waals surface area contributed by atoms with Crippen LogP contribution in [0.15, 0.2) is 41.5 Å². The molecule has 1 saturated heterocycles. The standard InChI is InChI=1S/C20H23N5O2/c1-14-23-18-6-4-3-5-17(18)19(26)25(14)13-15-7-9-24(10-8-15)20-21-11-16(27-2)12-22-20/h3-6,11-12,15H,7-10,13H2,1-2H3. The van der Waals surface area contributed by atoms with Gasteiger partial charge in [-0.3, -0.25) is 9.36 Å². The summed E-state index contributed by atoms with van der Waals surface area (Å²) in [5, 5.41) is 0.687. The number of methoxy groups -OCH3 is 1. The van der Waals surface area contributed by atoms with Gasteiger partial charge in [-0.1, -0.05) is 12.1 Å². The lowest BCUT2D eigenvalue weighted by atomic mass is 9.96. The minimum atomic E-state index is 0.0546. The van der Waals surface area contributed by atoms with Crippen molar-refractivity contribution >= 4 is 16.9 Å². The predicted molar refractivity (Wildman–Crippen MR) is 104 cm³/mol. The molecule has 1 fully saturated rings. The fraction of sp³-hybridized carbons (Fsp3) is 0.400. The molecule has 0 saturated carbocycles. The molecule has 0 amide bonds. The lowest BCUT2D eigenvalue weighted by Crippen LogP contribution is -2.37. The second-order valence-corrected chi connectivity index (χ2v) is 6.95. The van der Waals surface area contributed by atoms with E-state index in [1.54, 1.807) is 19.5 Å². The third kappa shape index (κ3) is 3.49. The lowest BCUT2D eigenvalue weighted by Gasteiger charge is -2.32. The number of rotatable bonds is 4. The molecule has 0 bridgehead atoms. The fourth-order valence-corrected chi connectivity index (χ4v) is 3.65. The number of fused-ring (bicyclic) bond motifs is 1. The first-order valence-corrected chi connectivity index (χ1v) is 9.23. The maximum atomic E-state index is 12.8. The van der Waals surface area contributed by atoms with Crippen LogP contribution in [0, 0.1) is 12.8 Å². The number of ether oxygens (including phenoxy) is 1. The fourth-order valence-electron chi connectivity index (χ4n) is 3.65. The number of hydrogen-bond donors (Lipinski definition) is 0. The van der Waals surface area contributed by atoms with Crippen LogP contribution in [0.3, 0.4) is 0 Å². The zero-order valence-electron chi connectivity index (χ0n) is 15.6. The maximum Gasteiger partial charge on any atom is 0.261 e. The van der Waals surface area contributed by atoms with Crippen LogP contribution in [0.2, 0.25) is 0 Å². The monoisotopic (exact) mass is 365 g/mol. The average Bonchev–Trinajstić information content (AvgIpc) is 2.72. The Balaban J connectivity index is 1.46. The Morgan fingerprint density at radius 3 is 2.56 bits per heavy atom. The van der Waals surface area contributed by atoms with Gasteiger partial charge in [-0.05, 0) is 37.8 Å². The van der Waals surface area contributed by atoms with Crippen molar-refractivity contribution in [3.8, 4) is 5.75 Å². The molecule has 27 heavy (non-hydrogen) atoms. The first-order chi connectivity index (χ1) is 13.2. The van der Waals surface area contributed by atoms with Gasteiger partial charge in [-0.15, -0.1) is 0 Å². The lowest BCUT2D eigenvalue weighted by molar-refractivity contribution is 0.346. The van der Waals surface area contributed by atoms with Crippen LogP contribution in [0.1, 0.15) is 18.7 Å². The molecule has 140 valence electrons. The molecule has 7 heteroatoms. The third-order valence-corrected chi connectivity index (χ3v) is 5.24. The summed E-state index contributed by atoms with van der Waals surface area (Å²) in [7, 11) is 1.61. The number of para-hydroxylation sites is 1. The third-order valence-electron chi connectivity index (χ3n) is 5.24. The van der Waals surface area contributed by atoms with Gasteiger partial charge in [0.1, 0.15) is 5.82 Å². The molecule has 3 heterocycles. The summed E-state index contributed by atoms with van der Waals surface area (Å²) in [4.78, 5) is 28.4. The Morgan fingerprint density at radius 2 is 1.85 bits per heavy atom. The van der Waals surface area contributed by atoms with Crippen molar-refractivity contribution in [2.45, 2.75) is 26.3 Å². The first kappa shape index (κ1) is 17.5. The molecule has 0 spiro atoms. The summed E-state index contributed by atoms with van der Waals surface area (Å²) < 4.78 is 6.94. The van der Waals surface area contributed by atoms with Crippen LogP contribution in [-0.4, -0.2) is 39.7 Å². The van der Waals surface area contributed by atoms with E-state index >= 15 is 0 Å². The zero-order valence-corrected chi connectivity index (χ0v) is 15.6. The highest BCUT2D eigenvalue weighted by Crippen LogP contribution is 2.23. The molecule has 1 aliphatic rings. The number of piperidine rings is 1. The molecule has 0 atom stereocenters. The largest absolute Gasteiger partial charge is 0.494 e. The Labute approximate surface area is 157 Å². The van der Waals surface area contributed by atoms with E-state index in [1.807, 2.05) is 35.8 Å².